The largest absolute Gasteiger partial charge is 0.458 e. The summed E-state index contributed by atoms with van der Waals surface area (Å²) in [6.45, 7) is 6.42. The minimum Gasteiger partial charge on any atom is -0.458 e. The van der Waals surface area contributed by atoms with E-state index in [4.69, 9.17) is 9.47 Å². The van der Waals surface area contributed by atoms with Crippen molar-refractivity contribution in [3.63, 3.8) is 0 Å². The third-order valence-electron chi connectivity index (χ3n) is 9.72. The number of esters is 2. The molecule has 1 heterocycles. The topological polar surface area (TPSA) is 52.6 Å². The Morgan fingerprint density at radius 1 is 1.04 bits per heavy atom. The van der Waals surface area contributed by atoms with Crippen LogP contribution in [-0.2, 0) is 19.1 Å². The maximum Gasteiger partial charge on any atom is 0.306 e. The second kappa shape index (κ2) is 6.09. The summed E-state index contributed by atoms with van der Waals surface area (Å²) in [6.07, 6.45) is 13.0. The predicted molar refractivity (Wildman–Crippen MR) is 105 cm³/mol. The zero-order valence-electron chi connectivity index (χ0n) is 17.6. The minimum absolute atomic E-state index is 0.0219. The Balaban J connectivity index is 1.42. The number of hydrogen-bond acceptors (Lipinski definition) is 4. The lowest BCUT2D eigenvalue weighted by Gasteiger charge is -2.59. The van der Waals surface area contributed by atoms with Crippen molar-refractivity contribution in [2.75, 3.05) is 0 Å². The van der Waals surface area contributed by atoms with Crippen LogP contribution in [0.4, 0.5) is 0 Å². The number of carbonyl (C=O) groups is 2. The van der Waals surface area contributed by atoms with Crippen molar-refractivity contribution in [2.24, 2.45) is 28.6 Å². The summed E-state index contributed by atoms with van der Waals surface area (Å²) in [5.41, 5.74) is 1.77. The Morgan fingerprint density at radius 3 is 2.54 bits per heavy atom. The van der Waals surface area contributed by atoms with Gasteiger partial charge in [0.05, 0.1) is 0 Å². The van der Waals surface area contributed by atoms with Gasteiger partial charge in [0.2, 0.25) is 0 Å². The molecular weight excluding hydrogens is 352 g/mol. The van der Waals surface area contributed by atoms with E-state index in [1.54, 1.807) is 0 Å². The molecule has 7 atom stereocenters. The van der Waals surface area contributed by atoms with Crippen LogP contribution in [-0.4, -0.2) is 23.6 Å². The van der Waals surface area contributed by atoms with Gasteiger partial charge in [-0.1, -0.05) is 19.4 Å². The summed E-state index contributed by atoms with van der Waals surface area (Å²) in [7, 11) is 0. The Morgan fingerprint density at radius 2 is 1.82 bits per heavy atom. The summed E-state index contributed by atoms with van der Waals surface area (Å²) >= 11 is 0. The monoisotopic (exact) mass is 386 g/mol. The van der Waals surface area contributed by atoms with Crippen LogP contribution in [0, 0.1) is 28.6 Å². The molecule has 5 aliphatic rings. The lowest BCUT2D eigenvalue weighted by atomic mass is 9.46. The van der Waals surface area contributed by atoms with Crippen LogP contribution in [0.1, 0.15) is 85.0 Å². The number of allylic oxidation sites excluding steroid dienone is 1. The lowest BCUT2D eigenvalue weighted by Crippen LogP contribution is -2.54. The maximum atomic E-state index is 12.0. The van der Waals surface area contributed by atoms with E-state index in [2.05, 4.69) is 19.9 Å². The molecule has 0 aromatic carbocycles. The zero-order valence-corrected chi connectivity index (χ0v) is 17.6. The molecule has 0 radical (unpaired) electrons. The normalized spacial score (nSPS) is 49.7. The minimum atomic E-state index is -0.177. The van der Waals surface area contributed by atoms with Gasteiger partial charge in [-0.25, -0.2) is 0 Å². The van der Waals surface area contributed by atoms with Crippen LogP contribution >= 0.6 is 0 Å². The fourth-order valence-corrected chi connectivity index (χ4v) is 8.30. The van der Waals surface area contributed by atoms with Gasteiger partial charge in [-0.15, -0.1) is 0 Å². The van der Waals surface area contributed by atoms with Gasteiger partial charge in [-0.2, -0.15) is 0 Å². The van der Waals surface area contributed by atoms with Crippen molar-refractivity contribution in [1.29, 1.82) is 0 Å². The molecule has 0 aromatic rings. The van der Waals surface area contributed by atoms with Crippen molar-refractivity contribution >= 4 is 11.9 Å². The number of hydrogen-bond donors (Lipinski definition) is 0. The SMILES string of the molecule is CC(=O)OC1C=C2CCC3C(CC[C@@]4(C)C3CC[C@@]43CCC(=O)O3)[C@@]2(C)CC1. The molecule has 4 fully saturated rings. The van der Waals surface area contributed by atoms with Gasteiger partial charge in [-0.3, -0.25) is 9.59 Å². The molecule has 1 aliphatic heterocycles. The van der Waals surface area contributed by atoms with Crippen LogP contribution in [0.3, 0.4) is 0 Å². The lowest BCUT2D eigenvalue weighted by molar-refractivity contribution is -0.168. The molecule has 154 valence electrons. The van der Waals surface area contributed by atoms with E-state index in [9.17, 15) is 9.59 Å². The molecule has 0 amide bonds. The Kier molecular flexibility index (Phi) is 4.07. The molecular formula is C24H34O4. The van der Waals surface area contributed by atoms with Crippen LogP contribution in [0.2, 0.25) is 0 Å². The predicted octanol–water partition coefficient (Wildman–Crippen LogP) is 4.96. The van der Waals surface area contributed by atoms with E-state index in [0.29, 0.717) is 12.3 Å². The van der Waals surface area contributed by atoms with E-state index in [0.717, 1.165) is 43.9 Å². The highest BCUT2D eigenvalue weighted by atomic mass is 16.6. The average Bonchev–Trinajstić information content (AvgIpc) is 3.16. The molecule has 5 rings (SSSR count). The summed E-state index contributed by atoms with van der Waals surface area (Å²) in [5.74, 6) is 1.99. The third kappa shape index (κ3) is 2.42. The van der Waals surface area contributed by atoms with Crippen LogP contribution in [0.5, 0.6) is 0 Å². The quantitative estimate of drug-likeness (QED) is 0.472. The molecule has 3 saturated carbocycles. The molecule has 0 N–H and O–H groups in total. The summed E-state index contributed by atoms with van der Waals surface area (Å²) < 4.78 is 11.6. The number of rotatable bonds is 1. The molecule has 4 heteroatoms. The molecule has 1 saturated heterocycles. The first-order chi connectivity index (χ1) is 13.3. The van der Waals surface area contributed by atoms with Crippen LogP contribution < -0.4 is 0 Å². The summed E-state index contributed by atoms with van der Waals surface area (Å²) in [5, 5.41) is 0. The fourth-order valence-electron chi connectivity index (χ4n) is 8.30. The number of carbonyl (C=O) groups excluding carboxylic acids is 2. The maximum absolute atomic E-state index is 12.0. The standard InChI is InChI=1S/C24H34O4/c1-15(25)27-17-6-10-22(2)16(14-17)4-5-18-19(22)7-11-23(3)20(18)8-12-24(23)13-9-21(26)28-24/h14,17-20H,4-13H2,1-3H3/t17?,18?,19?,20?,22-,23-,24+/m0/s1. The number of fused-ring (bicyclic) bond motifs is 6. The van der Waals surface area contributed by atoms with Gasteiger partial charge >= 0.3 is 11.9 Å². The first-order valence-corrected chi connectivity index (χ1v) is 11.4. The highest BCUT2D eigenvalue weighted by molar-refractivity contribution is 5.72. The Bertz CT molecular complexity index is 741. The first-order valence-electron chi connectivity index (χ1n) is 11.4. The van der Waals surface area contributed by atoms with E-state index in [1.165, 1.54) is 38.2 Å². The second-order valence-electron chi connectivity index (χ2n) is 10.7. The van der Waals surface area contributed by atoms with E-state index in [-0.39, 0.29) is 34.5 Å². The van der Waals surface area contributed by atoms with Crippen LogP contribution in [0.15, 0.2) is 11.6 Å². The highest BCUT2D eigenvalue weighted by Crippen LogP contribution is 2.69. The zero-order chi connectivity index (χ0) is 19.7. The van der Waals surface area contributed by atoms with E-state index >= 15 is 0 Å². The molecule has 0 aromatic heterocycles. The molecule has 4 aliphatic carbocycles. The highest BCUT2D eigenvalue weighted by Gasteiger charge is 2.67. The Hall–Kier alpha value is -1.32. The van der Waals surface area contributed by atoms with Crippen molar-refractivity contribution in [1.82, 2.24) is 0 Å². The van der Waals surface area contributed by atoms with Gasteiger partial charge in [0.1, 0.15) is 11.7 Å². The smallest absolute Gasteiger partial charge is 0.306 e. The molecule has 1 spiro atoms. The van der Waals surface area contributed by atoms with Gasteiger partial charge in [-0.05, 0) is 87.0 Å². The average molecular weight is 387 g/mol. The van der Waals surface area contributed by atoms with Crippen molar-refractivity contribution in [3.05, 3.63) is 11.6 Å². The van der Waals surface area contributed by atoms with Crippen molar-refractivity contribution < 1.29 is 19.1 Å². The van der Waals surface area contributed by atoms with Gasteiger partial charge in [0, 0.05) is 18.8 Å². The second-order valence-corrected chi connectivity index (χ2v) is 10.7. The molecule has 4 nitrogen and oxygen atoms in total. The molecule has 4 unspecified atom stereocenters. The Labute approximate surface area is 168 Å². The third-order valence-corrected chi connectivity index (χ3v) is 9.72. The van der Waals surface area contributed by atoms with Crippen molar-refractivity contribution in [3.8, 4) is 0 Å². The van der Waals surface area contributed by atoms with Gasteiger partial charge in [0.15, 0.2) is 0 Å². The number of ether oxygens (including phenoxy) is 2. The van der Waals surface area contributed by atoms with E-state index in [1.807, 2.05) is 0 Å². The fraction of sp³-hybridized carbons (Fsp3) is 0.833. The molecule has 28 heavy (non-hydrogen) atoms. The molecule has 0 bridgehead atoms. The van der Waals surface area contributed by atoms with Crippen molar-refractivity contribution in [2.45, 2.75) is 96.7 Å². The van der Waals surface area contributed by atoms with Gasteiger partial charge < -0.3 is 9.47 Å². The first kappa shape index (κ1) is 18.7. The van der Waals surface area contributed by atoms with Gasteiger partial charge in [0.25, 0.3) is 0 Å². The summed E-state index contributed by atoms with van der Waals surface area (Å²) in [4.78, 5) is 23.4. The van der Waals surface area contributed by atoms with Crippen LogP contribution in [0.25, 0.3) is 0 Å². The summed E-state index contributed by atoms with van der Waals surface area (Å²) in [6, 6.07) is 0. The van der Waals surface area contributed by atoms with E-state index < -0.39 is 0 Å².